The molecular weight excluding hydrogens is 264 g/mol. The lowest BCUT2D eigenvalue weighted by Crippen LogP contribution is -2.35. The first-order chi connectivity index (χ1) is 9.00. The average molecular weight is 284 g/mol. The fourth-order valence-corrected chi connectivity index (χ4v) is 3.41. The van der Waals surface area contributed by atoms with Gasteiger partial charge in [0.15, 0.2) is 0 Å². The van der Waals surface area contributed by atoms with Gasteiger partial charge in [-0.25, -0.2) is 13.1 Å². The Bertz CT molecular complexity index is 514. The Morgan fingerprint density at radius 1 is 1.32 bits per heavy atom. The average Bonchev–Trinajstić information content (AvgIpc) is 2.37. The summed E-state index contributed by atoms with van der Waals surface area (Å²) in [5, 5.41) is 2.80. The molecule has 0 amide bonds. The predicted octanol–water partition coefficient (Wildman–Crippen LogP) is 3.08. The van der Waals surface area contributed by atoms with Crippen molar-refractivity contribution in [3.8, 4) is 0 Å². The lowest BCUT2D eigenvalue weighted by Gasteiger charge is -2.16. The molecule has 106 valence electrons. The molecule has 1 unspecified atom stereocenters. The summed E-state index contributed by atoms with van der Waals surface area (Å²) >= 11 is 0. The summed E-state index contributed by atoms with van der Waals surface area (Å²) in [5.41, 5.74) is 0.809. The molecule has 0 saturated carbocycles. The van der Waals surface area contributed by atoms with Crippen LogP contribution in [0.25, 0.3) is 0 Å². The maximum atomic E-state index is 12.0. The van der Waals surface area contributed by atoms with E-state index in [4.69, 9.17) is 0 Å². The van der Waals surface area contributed by atoms with Gasteiger partial charge in [-0.3, -0.25) is 0 Å². The Kier molecular flexibility index (Phi) is 6.11. The number of hydrogen-bond donors (Lipinski definition) is 1. The quantitative estimate of drug-likeness (QED) is 0.745. The molecular formula is C13H20N2O3S. The fourth-order valence-electron chi connectivity index (χ4n) is 1.91. The van der Waals surface area contributed by atoms with Crippen LogP contribution in [0.1, 0.15) is 38.7 Å². The Labute approximate surface area is 114 Å². The van der Waals surface area contributed by atoms with Crippen LogP contribution in [0, 0.1) is 4.91 Å². The highest BCUT2D eigenvalue weighted by atomic mass is 32.2. The van der Waals surface area contributed by atoms with Gasteiger partial charge in [0.25, 0.3) is 0 Å². The van der Waals surface area contributed by atoms with Crippen LogP contribution in [-0.2, 0) is 15.8 Å². The normalized spacial score (nSPS) is 13.2. The summed E-state index contributed by atoms with van der Waals surface area (Å²) in [6.07, 6.45) is 2.53. The van der Waals surface area contributed by atoms with E-state index in [1.807, 2.05) is 13.8 Å². The summed E-state index contributed by atoms with van der Waals surface area (Å²) in [4.78, 5) is 10.4. The SMILES string of the molecule is CCCC(CC)NS(=O)(=O)Cc1cccc(N=O)c1. The smallest absolute Gasteiger partial charge is 0.212 e. The van der Waals surface area contributed by atoms with E-state index in [-0.39, 0.29) is 17.5 Å². The van der Waals surface area contributed by atoms with E-state index in [2.05, 4.69) is 9.90 Å². The zero-order valence-corrected chi connectivity index (χ0v) is 12.1. The molecule has 1 atom stereocenters. The lowest BCUT2D eigenvalue weighted by atomic mass is 10.1. The summed E-state index contributed by atoms with van der Waals surface area (Å²) in [6.45, 7) is 3.98. The van der Waals surface area contributed by atoms with Crippen LogP contribution in [0.3, 0.4) is 0 Å². The monoisotopic (exact) mass is 284 g/mol. The van der Waals surface area contributed by atoms with Gasteiger partial charge in [0.2, 0.25) is 10.0 Å². The summed E-state index contributed by atoms with van der Waals surface area (Å²) in [6, 6.07) is 6.32. The fraction of sp³-hybridized carbons (Fsp3) is 0.538. The minimum absolute atomic E-state index is 0.0256. The largest absolute Gasteiger partial charge is 0.216 e. The molecule has 0 aliphatic carbocycles. The first kappa shape index (κ1) is 15.8. The van der Waals surface area contributed by atoms with Crippen LogP contribution in [-0.4, -0.2) is 14.5 Å². The topological polar surface area (TPSA) is 75.6 Å². The molecule has 19 heavy (non-hydrogen) atoms. The Morgan fingerprint density at radius 2 is 2.05 bits per heavy atom. The maximum absolute atomic E-state index is 12.0. The summed E-state index contributed by atoms with van der Waals surface area (Å²) in [5.74, 6) is -0.128. The zero-order valence-electron chi connectivity index (χ0n) is 11.3. The van der Waals surface area contributed by atoms with Gasteiger partial charge >= 0.3 is 0 Å². The van der Waals surface area contributed by atoms with Crippen molar-refractivity contribution in [1.29, 1.82) is 0 Å². The molecule has 1 aromatic carbocycles. The van der Waals surface area contributed by atoms with Gasteiger partial charge in [-0.2, -0.15) is 0 Å². The molecule has 5 nitrogen and oxygen atoms in total. The van der Waals surface area contributed by atoms with Gasteiger partial charge in [-0.05, 0) is 35.7 Å². The molecule has 0 aliphatic heterocycles. The van der Waals surface area contributed by atoms with Gasteiger partial charge in [-0.1, -0.05) is 32.4 Å². The minimum atomic E-state index is -3.39. The Hall–Kier alpha value is -1.27. The van der Waals surface area contributed by atoms with E-state index in [9.17, 15) is 13.3 Å². The van der Waals surface area contributed by atoms with Crippen LogP contribution in [0.4, 0.5) is 5.69 Å². The molecule has 0 saturated heterocycles. The zero-order chi connectivity index (χ0) is 14.3. The number of nitrogens with one attached hydrogen (secondary N) is 1. The summed E-state index contributed by atoms with van der Waals surface area (Å²) in [7, 11) is -3.39. The lowest BCUT2D eigenvalue weighted by molar-refractivity contribution is 0.512. The van der Waals surface area contributed by atoms with Gasteiger partial charge in [0, 0.05) is 6.04 Å². The molecule has 0 heterocycles. The number of benzene rings is 1. The van der Waals surface area contributed by atoms with Crippen LogP contribution in [0.5, 0.6) is 0 Å². The van der Waals surface area contributed by atoms with Gasteiger partial charge in [-0.15, -0.1) is 4.91 Å². The summed E-state index contributed by atoms with van der Waals surface area (Å²) < 4.78 is 26.7. The van der Waals surface area contributed by atoms with Gasteiger partial charge < -0.3 is 0 Å². The van der Waals surface area contributed by atoms with Crippen molar-refractivity contribution < 1.29 is 8.42 Å². The van der Waals surface area contributed by atoms with Crippen molar-refractivity contribution in [2.45, 2.75) is 44.9 Å². The molecule has 0 fully saturated rings. The van der Waals surface area contributed by atoms with Crippen molar-refractivity contribution in [3.63, 3.8) is 0 Å². The van der Waals surface area contributed by atoms with E-state index in [0.717, 1.165) is 19.3 Å². The standard InChI is InChI=1S/C13H20N2O3S/c1-3-6-12(4-2)15-19(17,18)10-11-7-5-8-13(9-11)14-16/h5,7-9,12,15H,3-4,6,10H2,1-2H3. The van der Waals surface area contributed by atoms with Crippen molar-refractivity contribution in [2.24, 2.45) is 5.18 Å². The molecule has 1 aromatic rings. The van der Waals surface area contributed by atoms with Gasteiger partial charge in [0.05, 0.1) is 5.75 Å². The Morgan fingerprint density at radius 3 is 2.63 bits per heavy atom. The molecule has 0 aromatic heterocycles. The third-order valence-corrected chi connectivity index (χ3v) is 4.25. The van der Waals surface area contributed by atoms with Crippen LogP contribution >= 0.6 is 0 Å². The Balaban J connectivity index is 2.75. The second kappa shape index (κ2) is 7.35. The highest BCUT2D eigenvalue weighted by Crippen LogP contribution is 2.16. The molecule has 1 rings (SSSR count). The van der Waals surface area contributed by atoms with Crippen molar-refractivity contribution in [3.05, 3.63) is 34.7 Å². The number of sulfonamides is 1. The molecule has 0 bridgehead atoms. The van der Waals surface area contributed by atoms with E-state index < -0.39 is 10.0 Å². The molecule has 0 spiro atoms. The highest BCUT2D eigenvalue weighted by Gasteiger charge is 2.16. The second-order valence-corrected chi connectivity index (χ2v) is 6.29. The minimum Gasteiger partial charge on any atom is -0.212 e. The predicted molar refractivity (Wildman–Crippen MR) is 76.6 cm³/mol. The third-order valence-electron chi connectivity index (χ3n) is 2.85. The van der Waals surface area contributed by atoms with Crippen LogP contribution in [0.2, 0.25) is 0 Å². The van der Waals surface area contributed by atoms with Crippen LogP contribution in [0.15, 0.2) is 29.4 Å². The molecule has 1 N–H and O–H groups in total. The van der Waals surface area contributed by atoms with E-state index in [1.165, 1.54) is 6.07 Å². The van der Waals surface area contributed by atoms with Crippen LogP contribution < -0.4 is 4.72 Å². The number of hydrogen-bond acceptors (Lipinski definition) is 4. The van der Waals surface area contributed by atoms with E-state index in [1.54, 1.807) is 18.2 Å². The number of nitrogens with zero attached hydrogens (tertiary/aromatic N) is 1. The highest BCUT2D eigenvalue weighted by molar-refractivity contribution is 7.88. The van der Waals surface area contributed by atoms with Crippen molar-refractivity contribution in [1.82, 2.24) is 4.72 Å². The third kappa shape index (κ3) is 5.48. The van der Waals surface area contributed by atoms with Crippen molar-refractivity contribution in [2.75, 3.05) is 0 Å². The number of rotatable bonds is 8. The van der Waals surface area contributed by atoms with E-state index in [0.29, 0.717) is 5.56 Å². The second-order valence-electron chi connectivity index (χ2n) is 4.53. The molecule has 0 radical (unpaired) electrons. The first-order valence-electron chi connectivity index (χ1n) is 6.43. The van der Waals surface area contributed by atoms with Gasteiger partial charge in [0.1, 0.15) is 5.69 Å². The maximum Gasteiger partial charge on any atom is 0.216 e. The van der Waals surface area contributed by atoms with E-state index >= 15 is 0 Å². The first-order valence-corrected chi connectivity index (χ1v) is 8.08. The molecule has 0 aliphatic rings. The van der Waals surface area contributed by atoms with Crippen molar-refractivity contribution >= 4 is 15.7 Å². The number of nitroso groups, excluding NO2 is 1. The molecule has 6 heteroatoms.